The first kappa shape index (κ1) is 25.3. The van der Waals surface area contributed by atoms with Crippen molar-refractivity contribution in [1.29, 1.82) is 0 Å². The normalized spacial score (nSPS) is 21.5. The lowest BCUT2D eigenvalue weighted by Gasteiger charge is -2.31. The van der Waals surface area contributed by atoms with E-state index in [0.29, 0.717) is 5.56 Å². The highest BCUT2D eigenvalue weighted by Gasteiger charge is 2.47. The van der Waals surface area contributed by atoms with Crippen LogP contribution in [0.5, 0.6) is 0 Å². The fourth-order valence-corrected chi connectivity index (χ4v) is 6.88. The van der Waals surface area contributed by atoms with Crippen molar-refractivity contribution in [2.24, 2.45) is 5.92 Å². The molecule has 0 amide bonds. The third-order valence-corrected chi connectivity index (χ3v) is 8.85. The summed E-state index contributed by atoms with van der Waals surface area (Å²) in [4.78, 5) is 26.4. The molecule has 4 rings (SSSR count). The Morgan fingerprint density at radius 1 is 0.971 bits per heavy atom. The van der Waals surface area contributed by atoms with Crippen LogP contribution in [0.1, 0.15) is 62.6 Å². The predicted octanol–water partition coefficient (Wildman–Crippen LogP) is 5.14. The number of ether oxygens (including phenoxy) is 1. The van der Waals surface area contributed by atoms with Crippen LogP contribution < -0.4 is 0 Å². The predicted molar refractivity (Wildman–Crippen MR) is 134 cm³/mol. The Morgan fingerprint density at radius 3 is 2.26 bits per heavy atom. The number of benzene rings is 2. The summed E-state index contributed by atoms with van der Waals surface area (Å²) in [6, 6.07) is 14.1. The van der Waals surface area contributed by atoms with Gasteiger partial charge in [-0.15, -0.1) is 0 Å². The fourth-order valence-electron chi connectivity index (χ4n) is 5.15. The highest BCUT2D eigenvalue weighted by atomic mass is 32.2. The highest BCUT2D eigenvalue weighted by molar-refractivity contribution is 7.89. The van der Waals surface area contributed by atoms with E-state index in [-0.39, 0.29) is 35.2 Å². The number of hydrogen-bond acceptors (Lipinski definition) is 5. The van der Waals surface area contributed by atoms with Gasteiger partial charge in [0.25, 0.3) is 0 Å². The standard InChI is InChI=1S/C28H33NO5S/c1-3-34-28(31)25-18-23(19-26(30)21-10-6-4-7-11-21)29(27(25)22-12-8-5-9-13-22)35(32,33)24-16-14-20(2)15-17-24/h5,8-9,12-18,21,23,27H,3-4,6-7,10-11,19H2,1-2H3/t23-,27-/m0/s1. The minimum absolute atomic E-state index is 0.0436. The first-order valence-corrected chi connectivity index (χ1v) is 13.8. The number of esters is 1. The maximum Gasteiger partial charge on any atom is 0.335 e. The molecule has 0 N–H and O–H groups in total. The maximum atomic E-state index is 14.1. The molecule has 7 heteroatoms. The van der Waals surface area contributed by atoms with E-state index >= 15 is 0 Å². The lowest BCUT2D eigenvalue weighted by atomic mass is 9.84. The molecule has 2 aromatic carbocycles. The molecule has 0 unspecified atom stereocenters. The van der Waals surface area contributed by atoms with Gasteiger partial charge >= 0.3 is 5.97 Å². The second-order valence-electron chi connectivity index (χ2n) is 9.38. The van der Waals surface area contributed by atoms with Gasteiger partial charge in [0.15, 0.2) is 0 Å². The van der Waals surface area contributed by atoms with E-state index in [0.717, 1.165) is 37.7 Å². The number of Topliss-reactive ketones (excluding diaryl/α,β-unsaturated/α-hetero) is 1. The molecule has 0 radical (unpaired) electrons. The van der Waals surface area contributed by atoms with Crippen LogP contribution in [0.2, 0.25) is 0 Å². The summed E-state index contributed by atoms with van der Waals surface area (Å²) < 4.78 is 34.8. The summed E-state index contributed by atoms with van der Waals surface area (Å²) in [6.45, 7) is 3.79. The number of hydrogen-bond donors (Lipinski definition) is 0. The van der Waals surface area contributed by atoms with E-state index in [4.69, 9.17) is 4.74 Å². The van der Waals surface area contributed by atoms with E-state index < -0.39 is 28.1 Å². The number of sulfonamides is 1. The molecular formula is C28H33NO5S. The Balaban J connectivity index is 1.79. The largest absolute Gasteiger partial charge is 0.463 e. The van der Waals surface area contributed by atoms with E-state index in [9.17, 15) is 18.0 Å². The zero-order valence-electron chi connectivity index (χ0n) is 20.4. The lowest BCUT2D eigenvalue weighted by Crippen LogP contribution is -2.40. The smallest absolute Gasteiger partial charge is 0.335 e. The van der Waals surface area contributed by atoms with Crippen molar-refractivity contribution in [2.45, 2.75) is 69.4 Å². The number of carbonyl (C=O) groups excluding carboxylic acids is 2. The molecule has 186 valence electrons. The second-order valence-corrected chi connectivity index (χ2v) is 11.2. The maximum absolute atomic E-state index is 14.1. The van der Waals surface area contributed by atoms with Crippen molar-refractivity contribution in [1.82, 2.24) is 4.31 Å². The third-order valence-electron chi connectivity index (χ3n) is 6.94. The first-order chi connectivity index (χ1) is 16.8. The van der Waals surface area contributed by atoms with Gasteiger partial charge in [0, 0.05) is 12.3 Å². The zero-order valence-corrected chi connectivity index (χ0v) is 21.2. The van der Waals surface area contributed by atoms with Gasteiger partial charge in [-0.1, -0.05) is 73.4 Å². The molecule has 1 fully saturated rings. The van der Waals surface area contributed by atoms with Gasteiger partial charge in [-0.3, -0.25) is 4.79 Å². The van der Waals surface area contributed by atoms with Crippen molar-refractivity contribution in [3.05, 3.63) is 77.4 Å². The average molecular weight is 496 g/mol. The third kappa shape index (κ3) is 5.41. The molecular weight excluding hydrogens is 462 g/mol. The van der Waals surface area contributed by atoms with E-state index in [1.165, 1.54) is 4.31 Å². The number of nitrogens with zero attached hydrogens (tertiary/aromatic N) is 1. The van der Waals surface area contributed by atoms with Crippen LogP contribution in [-0.4, -0.2) is 37.1 Å². The minimum atomic E-state index is -4.04. The molecule has 1 aliphatic heterocycles. The molecule has 6 nitrogen and oxygen atoms in total. The molecule has 0 saturated heterocycles. The van der Waals surface area contributed by atoms with Gasteiger partial charge in [0.1, 0.15) is 5.78 Å². The Labute approximate surface area is 208 Å². The van der Waals surface area contributed by atoms with Crippen molar-refractivity contribution in [3.63, 3.8) is 0 Å². The van der Waals surface area contributed by atoms with Crippen molar-refractivity contribution in [2.75, 3.05) is 6.61 Å². The Kier molecular flexibility index (Phi) is 7.87. The Bertz CT molecular complexity index is 1180. The molecule has 2 aromatic rings. The van der Waals surface area contributed by atoms with Crippen LogP contribution in [0.3, 0.4) is 0 Å². The SMILES string of the molecule is CCOC(=O)C1=C[C@@H](CC(=O)C2CCCCC2)N(S(=O)(=O)c2ccc(C)cc2)[C@H]1c1ccccc1. The monoisotopic (exact) mass is 495 g/mol. The molecule has 2 atom stereocenters. The van der Waals surface area contributed by atoms with Gasteiger partial charge in [0.2, 0.25) is 10.0 Å². The molecule has 1 aliphatic carbocycles. The number of ketones is 1. The Morgan fingerprint density at radius 2 is 1.63 bits per heavy atom. The van der Waals surface area contributed by atoms with E-state index in [1.807, 2.05) is 25.1 Å². The minimum Gasteiger partial charge on any atom is -0.463 e. The summed E-state index contributed by atoms with van der Waals surface area (Å²) in [5.41, 5.74) is 1.87. The first-order valence-electron chi connectivity index (χ1n) is 12.4. The highest BCUT2D eigenvalue weighted by Crippen LogP contribution is 2.43. The van der Waals surface area contributed by atoms with Gasteiger partial charge in [-0.05, 0) is 44.4 Å². The summed E-state index contributed by atoms with van der Waals surface area (Å²) in [7, 11) is -4.04. The summed E-state index contributed by atoms with van der Waals surface area (Å²) in [5, 5.41) is 0. The van der Waals surface area contributed by atoms with Gasteiger partial charge in [-0.25, -0.2) is 13.2 Å². The van der Waals surface area contributed by atoms with Gasteiger partial charge in [-0.2, -0.15) is 4.31 Å². The van der Waals surface area contributed by atoms with Crippen molar-refractivity contribution in [3.8, 4) is 0 Å². The summed E-state index contributed by atoms with van der Waals surface area (Å²) in [5.74, 6) is -0.548. The quantitative estimate of drug-likeness (QED) is 0.474. The molecule has 1 saturated carbocycles. The molecule has 0 bridgehead atoms. The molecule has 0 aromatic heterocycles. The molecule has 1 heterocycles. The van der Waals surface area contributed by atoms with Crippen LogP contribution in [0.25, 0.3) is 0 Å². The van der Waals surface area contributed by atoms with Crippen LogP contribution in [-0.2, 0) is 24.3 Å². The van der Waals surface area contributed by atoms with E-state index in [1.54, 1.807) is 49.4 Å². The number of rotatable bonds is 8. The van der Waals surface area contributed by atoms with Crippen LogP contribution in [0, 0.1) is 12.8 Å². The van der Waals surface area contributed by atoms with Gasteiger partial charge in [0.05, 0.1) is 29.2 Å². The zero-order chi connectivity index (χ0) is 25.0. The molecule has 35 heavy (non-hydrogen) atoms. The van der Waals surface area contributed by atoms with Gasteiger partial charge < -0.3 is 4.74 Å². The van der Waals surface area contributed by atoms with Crippen molar-refractivity contribution >= 4 is 21.8 Å². The topological polar surface area (TPSA) is 80.8 Å². The van der Waals surface area contributed by atoms with E-state index in [2.05, 4.69) is 0 Å². The van der Waals surface area contributed by atoms with Crippen LogP contribution >= 0.6 is 0 Å². The van der Waals surface area contributed by atoms with Crippen LogP contribution in [0.4, 0.5) is 0 Å². The summed E-state index contributed by atoms with van der Waals surface area (Å²) >= 11 is 0. The summed E-state index contributed by atoms with van der Waals surface area (Å²) in [6.07, 6.45) is 6.53. The number of aryl methyl sites for hydroxylation is 1. The second kappa shape index (κ2) is 10.9. The Hall–Kier alpha value is -2.77. The molecule has 0 spiro atoms. The fraction of sp³-hybridized carbons (Fsp3) is 0.429. The average Bonchev–Trinajstić information content (AvgIpc) is 3.25. The molecule has 2 aliphatic rings. The van der Waals surface area contributed by atoms with Crippen molar-refractivity contribution < 1.29 is 22.7 Å². The lowest BCUT2D eigenvalue weighted by molar-refractivity contribution is -0.139. The van der Waals surface area contributed by atoms with Crippen LogP contribution in [0.15, 0.2) is 71.1 Å². The number of carbonyl (C=O) groups is 2.